The molecule has 1 N–H and O–H groups in total. The standard InChI is InChI=1S/C21H25ClN2O3/c1-15(18-7-4-5-8-19(18)27-3)24(2)20(25)9-6-14-23-21(26)16-10-12-17(22)13-11-16/h4-5,7-8,10-13,15H,6,9,14H2,1-3H3,(H,23,26). The van der Waals surface area contributed by atoms with Crippen LogP contribution in [0.4, 0.5) is 0 Å². The summed E-state index contributed by atoms with van der Waals surface area (Å²) in [4.78, 5) is 26.2. The Kier molecular flexibility index (Phi) is 7.67. The van der Waals surface area contributed by atoms with E-state index in [0.29, 0.717) is 30.0 Å². The zero-order valence-corrected chi connectivity index (χ0v) is 16.6. The highest BCUT2D eigenvalue weighted by molar-refractivity contribution is 6.30. The molecule has 1 atom stereocenters. The third kappa shape index (κ3) is 5.73. The molecular formula is C21H25ClN2O3. The monoisotopic (exact) mass is 388 g/mol. The summed E-state index contributed by atoms with van der Waals surface area (Å²) in [6.07, 6.45) is 0.929. The summed E-state index contributed by atoms with van der Waals surface area (Å²) in [5.41, 5.74) is 1.51. The van der Waals surface area contributed by atoms with Gasteiger partial charge in [-0.05, 0) is 43.7 Å². The van der Waals surface area contributed by atoms with E-state index in [-0.39, 0.29) is 17.9 Å². The van der Waals surface area contributed by atoms with Crippen molar-refractivity contribution < 1.29 is 14.3 Å². The predicted molar refractivity (Wildman–Crippen MR) is 107 cm³/mol. The Bertz CT molecular complexity index is 777. The van der Waals surface area contributed by atoms with Crippen molar-refractivity contribution in [3.63, 3.8) is 0 Å². The SMILES string of the molecule is COc1ccccc1C(C)N(C)C(=O)CCCNC(=O)c1ccc(Cl)cc1. The van der Waals surface area contributed by atoms with Crippen LogP contribution >= 0.6 is 11.6 Å². The number of benzene rings is 2. The molecule has 2 rings (SSSR count). The number of amides is 2. The van der Waals surface area contributed by atoms with E-state index >= 15 is 0 Å². The Morgan fingerprint density at radius 3 is 2.48 bits per heavy atom. The highest BCUT2D eigenvalue weighted by Crippen LogP contribution is 2.28. The van der Waals surface area contributed by atoms with Crippen LogP contribution in [-0.2, 0) is 4.79 Å². The second-order valence-corrected chi connectivity index (χ2v) is 6.73. The first kappa shape index (κ1) is 20.8. The van der Waals surface area contributed by atoms with Gasteiger partial charge in [0, 0.05) is 36.2 Å². The Morgan fingerprint density at radius 2 is 1.81 bits per heavy atom. The van der Waals surface area contributed by atoms with Gasteiger partial charge in [-0.2, -0.15) is 0 Å². The number of carbonyl (C=O) groups is 2. The molecule has 2 amide bonds. The van der Waals surface area contributed by atoms with Gasteiger partial charge in [-0.1, -0.05) is 29.8 Å². The number of hydrogen-bond donors (Lipinski definition) is 1. The maximum atomic E-state index is 12.5. The number of rotatable bonds is 8. The highest BCUT2D eigenvalue weighted by atomic mass is 35.5. The molecule has 144 valence electrons. The van der Waals surface area contributed by atoms with Gasteiger partial charge in [0.1, 0.15) is 5.75 Å². The number of hydrogen-bond acceptors (Lipinski definition) is 3. The summed E-state index contributed by atoms with van der Waals surface area (Å²) in [6.45, 7) is 2.40. The minimum Gasteiger partial charge on any atom is -0.496 e. The van der Waals surface area contributed by atoms with Crippen molar-refractivity contribution in [1.29, 1.82) is 0 Å². The number of nitrogens with zero attached hydrogens (tertiary/aromatic N) is 1. The minimum absolute atomic E-state index is 0.0224. The van der Waals surface area contributed by atoms with Crippen LogP contribution in [0.25, 0.3) is 0 Å². The van der Waals surface area contributed by atoms with Gasteiger partial charge in [0.25, 0.3) is 5.91 Å². The fourth-order valence-corrected chi connectivity index (χ4v) is 2.88. The fourth-order valence-electron chi connectivity index (χ4n) is 2.76. The molecule has 0 spiro atoms. The number of para-hydroxylation sites is 1. The molecule has 2 aromatic carbocycles. The zero-order chi connectivity index (χ0) is 19.8. The van der Waals surface area contributed by atoms with Gasteiger partial charge in [0.05, 0.1) is 13.2 Å². The summed E-state index contributed by atoms with van der Waals surface area (Å²) in [5.74, 6) is 0.615. The average molecular weight is 389 g/mol. The van der Waals surface area contributed by atoms with Crippen LogP contribution in [-0.4, -0.2) is 37.4 Å². The first-order chi connectivity index (χ1) is 12.9. The van der Waals surface area contributed by atoms with E-state index in [1.807, 2.05) is 31.2 Å². The van der Waals surface area contributed by atoms with Gasteiger partial charge in [-0.25, -0.2) is 0 Å². The smallest absolute Gasteiger partial charge is 0.251 e. The Morgan fingerprint density at radius 1 is 1.15 bits per heavy atom. The lowest BCUT2D eigenvalue weighted by Gasteiger charge is -2.26. The molecule has 0 saturated heterocycles. The van der Waals surface area contributed by atoms with E-state index in [0.717, 1.165) is 11.3 Å². The fraction of sp³-hybridized carbons (Fsp3) is 0.333. The number of carbonyl (C=O) groups excluding carboxylic acids is 2. The Balaban J connectivity index is 1.81. The molecule has 0 aromatic heterocycles. The Labute approximate surface area is 165 Å². The molecular weight excluding hydrogens is 364 g/mol. The van der Waals surface area contributed by atoms with E-state index in [1.165, 1.54) is 0 Å². The second-order valence-electron chi connectivity index (χ2n) is 6.29. The van der Waals surface area contributed by atoms with Gasteiger partial charge in [-0.15, -0.1) is 0 Å². The number of ether oxygens (including phenoxy) is 1. The number of nitrogens with one attached hydrogen (secondary N) is 1. The summed E-state index contributed by atoms with van der Waals surface area (Å²) < 4.78 is 5.38. The van der Waals surface area contributed by atoms with Crippen molar-refractivity contribution in [3.8, 4) is 5.75 Å². The quantitative estimate of drug-likeness (QED) is 0.693. The van der Waals surface area contributed by atoms with Gasteiger partial charge < -0.3 is 15.0 Å². The van der Waals surface area contributed by atoms with E-state index in [2.05, 4.69) is 5.32 Å². The largest absolute Gasteiger partial charge is 0.496 e. The van der Waals surface area contributed by atoms with Crippen LogP contribution in [0.3, 0.4) is 0 Å². The molecule has 0 aliphatic carbocycles. The summed E-state index contributed by atoms with van der Waals surface area (Å²) in [7, 11) is 3.41. The van der Waals surface area contributed by atoms with Gasteiger partial charge in [0.2, 0.25) is 5.91 Å². The molecule has 27 heavy (non-hydrogen) atoms. The molecule has 6 heteroatoms. The lowest BCUT2D eigenvalue weighted by Crippen LogP contribution is -2.31. The highest BCUT2D eigenvalue weighted by Gasteiger charge is 2.19. The first-order valence-electron chi connectivity index (χ1n) is 8.86. The lowest BCUT2D eigenvalue weighted by atomic mass is 10.1. The molecule has 0 aliphatic rings. The predicted octanol–water partition coefficient (Wildman–Crippen LogP) is 4.08. The number of halogens is 1. The van der Waals surface area contributed by atoms with Crippen LogP contribution in [0.2, 0.25) is 5.02 Å². The van der Waals surface area contributed by atoms with Gasteiger partial charge >= 0.3 is 0 Å². The molecule has 1 unspecified atom stereocenters. The summed E-state index contributed by atoms with van der Waals surface area (Å²) >= 11 is 5.81. The third-order valence-electron chi connectivity index (χ3n) is 4.52. The van der Waals surface area contributed by atoms with Crippen molar-refractivity contribution in [2.75, 3.05) is 20.7 Å². The van der Waals surface area contributed by atoms with Crippen LogP contribution in [0.5, 0.6) is 5.75 Å². The first-order valence-corrected chi connectivity index (χ1v) is 9.24. The molecule has 0 heterocycles. The van der Waals surface area contributed by atoms with Crippen LogP contribution in [0.15, 0.2) is 48.5 Å². The molecule has 0 aliphatic heterocycles. The Hall–Kier alpha value is -2.53. The van der Waals surface area contributed by atoms with E-state index < -0.39 is 0 Å². The number of methoxy groups -OCH3 is 1. The van der Waals surface area contributed by atoms with E-state index in [1.54, 1.807) is 43.3 Å². The van der Waals surface area contributed by atoms with Crippen LogP contribution in [0, 0.1) is 0 Å². The van der Waals surface area contributed by atoms with Crippen LogP contribution in [0.1, 0.15) is 41.7 Å². The second kappa shape index (κ2) is 9.97. The molecule has 0 saturated carbocycles. The van der Waals surface area contributed by atoms with E-state index in [9.17, 15) is 9.59 Å². The van der Waals surface area contributed by atoms with Crippen molar-refractivity contribution in [2.45, 2.75) is 25.8 Å². The van der Waals surface area contributed by atoms with Crippen molar-refractivity contribution in [1.82, 2.24) is 10.2 Å². The topological polar surface area (TPSA) is 58.6 Å². The van der Waals surface area contributed by atoms with Crippen molar-refractivity contribution in [3.05, 3.63) is 64.7 Å². The molecule has 2 aromatic rings. The summed E-state index contributed by atoms with van der Waals surface area (Å²) in [5, 5.41) is 3.41. The average Bonchev–Trinajstić information content (AvgIpc) is 2.70. The van der Waals surface area contributed by atoms with Gasteiger partial charge in [-0.3, -0.25) is 9.59 Å². The van der Waals surface area contributed by atoms with Crippen molar-refractivity contribution >= 4 is 23.4 Å². The van der Waals surface area contributed by atoms with Gasteiger partial charge in [0.15, 0.2) is 0 Å². The van der Waals surface area contributed by atoms with E-state index in [4.69, 9.17) is 16.3 Å². The third-order valence-corrected chi connectivity index (χ3v) is 4.77. The molecule has 0 bridgehead atoms. The minimum atomic E-state index is -0.171. The zero-order valence-electron chi connectivity index (χ0n) is 15.9. The van der Waals surface area contributed by atoms with Crippen molar-refractivity contribution in [2.24, 2.45) is 0 Å². The molecule has 0 radical (unpaired) electrons. The normalized spacial score (nSPS) is 11.6. The molecule has 5 nitrogen and oxygen atoms in total. The summed E-state index contributed by atoms with van der Waals surface area (Å²) in [6, 6.07) is 14.3. The molecule has 0 fully saturated rings. The van der Waals surface area contributed by atoms with Crippen LogP contribution < -0.4 is 10.1 Å². The lowest BCUT2D eigenvalue weighted by molar-refractivity contribution is -0.131. The maximum absolute atomic E-state index is 12.5. The maximum Gasteiger partial charge on any atom is 0.251 e.